The van der Waals surface area contributed by atoms with Crippen molar-refractivity contribution in [1.82, 2.24) is 30.0 Å². The Bertz CT molecular complexity index is 1030. The molecule has 2 aromatic carbocycles. The number of rotatable bonds is 10. The van der Waals surface area contributed by atoms with E-state index in [-0.39, 0.29) is 6.04 Å². The van der Waals surface area contributed by atoms with Gasteiger partial charge in [-0.15, -0.1) is 5.10 Å². The lowest BCUT2D eigenvalue weighted by Crippen LogP contribution is -2.48. The van der Waals surface area contributed by atoms with Gasteiger partial charge in [-0.25, -0.2) is 4.68 Å². The molecule has 34 heavy (non-hydrogen) atoms. The molecule has 1 atom stereocenters. The summed E-state index contributed by atoms with van der Waals surface area (Å²) in [6.45, 7) is 9.97. The molecule has 8 nitrogen and oxygen atoms in total. The second-order valence-corrected chi connectivity index (χ2v) is 9.23. The number of hydrogen-bond acceptors (Lipinski definition) is 7. The van der Waals surface area contributed by atoms with Crippen LogP contribution in [0.15, 0.2) is 48.5 Å². The molecule has 0 radical (unpaired) electrons. The highest BCUT2D eigenvalue weighted by Gasteiger charge is 2.33. The molecule has 182 valence electrons. The van der Waals surface area contributed by atoms with Gasteiger partial charge >= 0.3 is 0 Å². The van der Waals surface area contributed by atoms with Crippen molar-refractivity contribution in [2.24, 2.45) is 5.92 Å². The Kier molecular flexibility index (Phi) is 8.13. The lowest BCUT2D eigenvalue weighted by atomic mass is 10.0. The zero-order chi connectivity index (χ0) is 23.9. The van der Waals surface area contributed by atoms with Crippen molar-refractivity contribution >= 4 is 0 Å². The van der Waals surface area contributed by atoms with E-state index in [1.807, 2.05) is 16.8 Å². The summed E-state index contributed by atoms with van der Waals surface area (Å²) in [7, 11) is 3.36. The lowest BCUT2D eigenvalue weighted by molar-refractivity contribution is 0.0988. The molecule has 0 spiro atoms. The third kappa shape index (κ3) is 5.56. The van der Waals surface area contributed by atoms with Crippen molar-refractivity contribution in [2.45, 2.75) is 39.4 Å². The molecule has 1 fully saturated rings. The van der Waals surface area contributed by atoms with Crippen molar-refractivity contribution in [3.05, 3.63) is 65.5 Å². The number of methoxy groups -OCH3 is 2. The van der Waals surface area contributed by atoms with Crippen molar-refractivity contribution in [2.75, 3.05) is 40.4 Å². The van der Waals surface area contributed by atoms with E-state index in [1.54, 1.807) is 14.2 Å². The van der Waals surface area contributed by atoms with Gasteiger partial charge in [-0.1, -0.05) is 56.3 Å². The maximum absolute atomic E-state index is 5.84. The molecule has 4 rings (SSSR count). The molecule has 0 amide bonds. The van der Waals surface area contributed by atoms with Gasteiger partial charge < -0.3 is 9.47 Å². The van der Waals surface area contributed by atoms with Crippen LogP contribution in [-0.2, 0) is 13.1 Å². The van der Waals surface area contributed by atoms with E-state index >= 15 is 0 Å². The second kappa shape index (κ2) is 11.4. The number of aryl methyl sites for hydroxylation is 1. The van der Waals surface area contributed by atoms with Crippen molar-refractivity contribution < 1.29 is 9.47 Å². The number of aromatic nitrogens is 4. The molecule has 0 N–H and O–H groups in total. The first kappa shape index (κ1) is 24.2. The second-order valence-electron chi connectivity index (χ2n) is 9.23. The first-order valence-electron chi connectivity index (χ1n) is 12.1. The molecule has 0 saturated carbocycles. The van der Waals surface area contributed by atoms with Gasteiger partial charge in [0.15, 0.2) is 17.3 Å². The summed E-state index contributed by atoms with van der Waals surface area (Å²) in [5.41, 5.74) is 2.37. The van der Waals surface area contributed by atoms with Gasteiger partial charge in [-0.2, -0.15) is 0 Å². The molecule has 1 saturated heterocycles. The van der Waals surface area contributed by atoms with Gasteiger partial charge in [0.05, 0.1) is 14.2 Å². The van der Waals surface area contributed by atoms with E-state index in [2.05, 4.69) is 75.6 Å². The van der Waals surface area contributed by atoms with Crippen LogP contribution in [0.25, 0.3) is 0 Å². The molecule has 3 aromatic rings. The van der Waals surface area contributed by atoms with Crippen LogP contribution in [0.5, 0.6) is 11.5 Å². The number of tetrazole rings is 1. The Labute approximate surface area is 202 Å². The number of hydrogen-bond donors (Lipinski definition) is 0. The third-order valence-corrected chi connectivity index (χ3v) is 6.47. The Balaban J connectivity index is 1.62. The van der Waals surface area contributed by atoms with Gasteiger partial charge in [-0.3, -0.25) is 9.80 Å². The van der Waals surface area contributed by atoms with Crippen LogP contribution in [0.1, 0.15) is 43.3 Å². The molecule has 0 aliphatic carbocycles. The third-order valence-electron chi connectivity index (χ3n) is 6.47. The first-order valence-corrected chi connectivity index (χ1v) is 12.1. The minimum absolute atomic E-state index is 0.119. The Morgan fingerprint density at radius 3 is 2.35 bits per heavy atom. The van der Waals surface area contributed by atoms with Gasteiger partial charge in [0.25, 0.3) is 0 Å². The summed E-state index contributed by atoms with van der Waals surface area (Å²) in [6.07, 6.45) is 1.02. The fourth-order valence-corrected chi connectivity index (χ4v) is 4.59. The van der Waals surface area contributed by atoms with Gasteiger partial charge in [0.2, 0.25) is 0 Å². The van der Waals surface area contributed by atoms with Crippen LogP contribution in [0.2, 0.25) is 0 Å². The standard InChI is InChI=1S/C26H36N6O2/c1-20(2)13-14-32-26(27-28-29-32)24(22-11-8-12-23(33-3)25(22)34-4)31-17-15-30(16-18-31)19-21-9-6-5-7-10-21/h5-12,20,24H,13-19H2,1-4H3. The van der Waals surface area contributed by atoms with Crippen molar-refractivity contribution in [3.8, 4) is 11.5 Å². The van der Waals surface area contributed by atoms with Crippen molar-refractivity contribution in [1.29, 1.82) is 0 Å². The SMILES string of the molecule is COc1cccc(C(c2nnnn2CCC(C)C)N2CCN(Cc3ccccc3)CC2)c1OC. The molecular formula is C26H36N6O2. The molecule has 1 aliphatic rings. The maximum Gasteiger partial charge on any atom is 0.173 e. The van der Waals surface area contributed by atoms with Gasteiger partial charge in [0, 0.05) is 44.8 Å². The largest absolute Gasteiger partial charge is 0.493 e. The number of piperazine rings is 1. The minimum Gasteiger partial charge on any atom is -0.493 e. The Hall–Kier alpha value is -2.97. The van der Waals surface area contributed by atoms with Crippen LogP contribution in [0.3, 0.4) is 0 Å². The predicted octanol–water partition coefficient (Wildman–Crippen LogP) is 3.64. The molecule has 8 heteroatoms. The molecule has 1 aromatic heterocycles. The number of para-hydroxylation sites is 1. The number of nitrogens with zero attached hydrogens (tertiary/aromatic N) is 6. The Morgan fingerprint density at radius 1 is 0.912 bits per heavy atom. The van der Waals surface area contributed by atoms with E-state index in [0.717, 1.165) is 62.8 Å². The summed E-state index contributed by atoms with van der Waals surface area (Å²) in [4.78, 5) is 4.98. The highest BCUT2D eigenvalue weighted by molar-refractivity contribution is 5.49. The Morgan fingerprint density at radius 2 is 1.68 bits per heavy atom. The molecular weight excluding hydrogens is 428 g/mol. The van der Waals surface area contributed by atoms with E-state index in [9.17, 15) is 0 Å². The van der Waals surface area contributed by atoms with Crippen LogP contribution >= 0.6 is 0 Å². The molecule has 1 unspecified atom stereocenters. The highest BCUT2D eigenvalue weighted by Crippen LogP contribution is 2.39. The van der Waals surface area contributed by atoms with Crippen LogP contribution in [0.4, 0.5) is 0 Å². The normalized spacial score (nSPS) is 16.0. The van der Waals surface area contributed by atoms with Crippen LogP contribution in [-0.4, -0.2) is 70.4 Å². The molecule has 1 aliphatic heterocycles. The van der Waals surface area contributed by atoms with Crippen molar-refractivity contribution in [3.63, 3.8) is 0 Å². The summed E-state index contributed by atoms with van der Waals surface area (Å²) in [5, 5.41) is 12.9. The summed E-state index contributed by atoms with van der Waals surface area (Å²) in [6, 6.07) is 16.6. The quantitative estimate of drug-likeness (QED) is 0.454. The fraction of sp³-hybridized carbons (Fsp3) is 0.500. The van der Waals surface area contributed by atoms with E-state index in [0.29, 0.717) is 11.7 Å². The summed E-state index contributed by atoms with van der Waals surface area (Å²) >= 11 is 0. The zero-order valence-electron chi connectivity index (χ0n) is 20.7. The van der Waals surface area contributed by atoms with E-state index < -0.39 is 0 Å². The zero-order valence-corrected chi connectivity index (χ0v) is 20.7. The van der Waals surface area contributed by atoms with Crippen LogP contribution < -0.4 is 9.47 Å². The fourth-order valence-electron chi connectivity index (χ4n) is 4.59. The summed E-state index contributed by atoms with van der Waals surface area (Å²) in [5.74, 6) is 2.88. The average molecular weight is 465 g/mol. The first-order chi connectivity index (χ1) is 16.6. The lowest BCUT2D eigenvalue weighted by Gasteiger charge is -2.39. The maximum atomic E-state index is 5.84. The highest BCUT2D eigenvalue weighted by atomic mass is 16.5. The van der Waals surface area contributed by atoms with E-state index in [4.69, 9.17) is 9.47 Å². The number of ether oxygens (including phenoxy) is 2. The average Bonchev–Trinajstić information content (AvgIpc) is 3.32. The molecule has 0 bridgehead atoms. The van der Waals surface area contributed by atoms with Gasteiger partial charge in [-0.05, 0) is 34.4 Å². The monoisotopic (exact) mass is 464 g/mol. The minimum atomic E-state index is -0.119. The topological polar surface area (TPSA) is 68.5 Å². The van der Waals surface area contributed by atoms with Crippen LogP contribution in [0, 0.1) is 5.92 Å². The van der Waals surface area contributed by atoms with E-state index in [1.165, 1.54) is 5.56 Å². The summed E-state index contributed by atoms with van der Waals surface area (Å²) < 4.78 is 13.4. The molecule has 2 heterocycles. The smallest absolute Gasteiger partial charge is 0.173 e. The van der Waals surface area contributed by atoms with Gasteiger partial charge in [0.1, 0.15) is 6.04 Å². The predicted molar refractivity (Wildman–Crippen MR) is 132 cm³/mol. The number of benzene rings is 2.